The third-order valence-corrected chi connectivity index (χ3v) is 5.82. The molecular formula is C20H25FN2O3S. The molecule has 0 aliphatic rings. The van der Waals surface area contributed by atoms with Crippen molar-refractivity contribution in [2.75, 3.05) is 19.3 Å². The first-order chi connectivity index (χ1) is 12.7. The fourth-order valence-electron chi connectivity index (χ4n) is 2.66. The molecule has 27 heavy (non-hydrogen) atoms. The van der Waals surface area contributed by atoms with Crippen LogP contribution < -0.4 is 10.0 Å². The number of carbonyl (C=O) groups excluding carboxylic acids is 1. The Labute approximate surface area is 160 Å². The Bertz CT molecular complexity index is 876. The Balaban J connectivity index is 2.12. The molecule has 0 saturated heterocycles. The van der Waals surface area contributed by atoms with Crippen LogP contribution in [0.5, 0.6) is 0 Å². The Morgan fingerprint density at radius 3 is 2.04 bits per heavy atom. The summed E-state index contributed by atoms with van der Waals surface area (Å²) in [4.78, 5) is 11.6. The smallest absolute Gasteiger partial charge is 0.251 e. The van der Waals surface area contributed by atoms with Gasteiger partial charge < -0.3 is 5.32 Å². The molecule has 2 N–H and O–H groups in total. The summed E-state index contributed by atoms with van der Waals surface area (Å²) in [6, 6.07) is 14.0. The molecule has 0 fully saturated rings. The summed E-state index contributed by atoms with van der Waals surface area (Å²) in [5.74, 6) is -0.177. The number of halogens is 1. The van der Waals surface area contributed by atoms with Crippen molar-refractivity contribution in [3.8, 4) is 11.1 Å². The summed E-state index contributed by atoms with van der Waals surface area (Å²) in [6.07, 6.45) is 0.478. The lowest BCUT2D eigenvalue weighted by Gasteiger charge is -2.21. The van der Waals surface area contributed by atoms with E-state index in [1.165, 1.54) is 6.92 Å². The summed E-state index contributed by atoms with van der Waals surface area (Å²) < 4.78 is 40.7. The fourth-order valence-corrected chi connectivity index (χ4v) is 3.83. The van der Waals surface area contributed by atoms with E-state index in [1.807, 2.05) is 12.1 Å². The second-order valence-electron chi connectivity index (χ2n) is 6.57. The zero-order valence-corrected chi connectivity index (χ0v) is 16.6. The number of sulfonamides is 1. The van der Waals surface area contributed by atoms with Gasteiger partial charge in [-0.2, -0.15) is 0 Å². The molecule has 0 spiro atoms. The Morgan fingerprint density at radius 2 is 1.56 bits per heavy atom. The minimum Gasteiger partial charge on any atom is -0.355 e. The quantitative estimate of drug-likeness (QED) is 0.724. The van der Waals surface area contributed by atoms with E-state index < -0.39 is 15.7 Å². The lowest BCUT2D eigenvalue weighted by atomic mass is 9.95. The number of rotatable bonds is 8. The minimum atomic E-state index is -3.46. The van der Waals surface area contributed by atoms with E-state index >= 15 is 0 Å². The number of hydrogen-bond acceptors (Lipinski definition) is 3. The van der Waals surface area contributed by atoms with Gasteiger partial charge in [0.15, 0.2) is 0 Å². The van der Waals surface area contributed by atoms with Crippen molar-refractivity contribution < 1.29 is 17.6 Å². The first-order valence-corrected chi connectivity index (χ1v) is 10.4. The van der Waals surface area contributed by atoms with Gasteiger partial charge in [-0.25, -0.2) is 17.5 Å². The summed E-state index contributed by atoms with van der Waals surface area (Å²) >= 11 is 0. The molecule has 0 radical (unpaired) electrons. The van der Waals surface area contributed by atoms with E-state index in [0.717, 1.165) is 11.1 Å². The van der Waals surface area contributed by atoms with Crippen LogP contribution in [-0.2, 0) is 15.7 Å². The molecule has 1 amide bonds. The predicted octanol–water partition coefficient (Wildman–Crippen LogP) is 3.23. The Kier molecular flexibility index (Phi) is 6.73. The van der Waals surface area contributed by atoms with Crippen molar-refractivity contribution in [3.63, 3.8) is 0 Å². The van der Waals surface area contributed by atoms with Crippen LogP contribution in [-0.4, -0.2) is 33.7 Å². The van der Waals surface area contributed by atoms with Crippen LogP contribution in [0.1, 0.15) is 36.2 Å². The van der Waals surface area contributed by atoms with Gasteiger partial charge in [-0.15, -0.1) is 0 Å². The standard InChI is InChI=1S/C20H25FN2O3S/c1-4-13-27(25,26)23-14-20(2,21)18-11-9-16(10-12-18)15-5-7-17(8-6-15)19(24)22-3/h5-12,23H,4,13-14H2,1-3H3,(H,22,24). The van der Waals surface area contributed by atoms with Gasteiger partial charge in [-0.05, 0) is 42.2 Å². The zero-order chi connectivity index (χ0) is 20.1. The van der Waals surface area contributed by atoms with Crippen molar-refractivity contribution in [1.82, 2.24) is 10.0 Å². The summed E-state index contributed by atoms with van der Waals surface area (Å²) in [5.41, 5.74) is 0.923. The molecule has 0 aliphatic carbocycles. The van der Waals surface area contributed by atoms with Crippen molar-refractivity contribution in [2.45, 2.75) is 25.9 Å². The average Bonchev–Trinajstić information content (AvgIpc) is 2.66. The largest absolute Gasteiger partial charge is 0.355 e. The molecule has 0 heterocycles. The maximum absolute atomic E-state index is 14.9. The van der Waals surface area contributed by atoms with E-state index in [0.29, 0.717) is 17.5 Å². The number of nitrogens with one attached hydrogen (secondary N) is 2. The second kappa shape index (κ2) is 8.63. The lowest BCUT2D eigenvalue weighted by Crippen LogP contribution is -2.36. The maximum Gasteiger partial charge on any atom is 0.251 e. The molecule has 0 bridgehead atoms. The van der Waals surface area contributed by atoms with Crippen molar-refractivity contribution in [1.29, 1.82) is 0 Å². The van der Waals surface area contributed by atoms with Crippen LogP contribution in [0.3, 0.4) is 0 Å². The maximum atomic E-state index is 14.9. The molecule has 2 aromatic carbocycles. The van der Waals surface area contributed by atoms with Gasteiger partial charge in [0.1, 0.15) is 5.67 Å². The first kappa shape index (κ1) is 21.1. The highest BCUT2D eigenvalue weighted by atomic mass is 32.2. The van der Waals surface area contributed by atoms with Crippen molar-refractivity contribution in [3.05, 3.63) is 59.7 Å². The Morgan fingerprint density at radius 1 is 1.04 bits per heavy atom. The van der Waals surface area contributed by atoms with Gasteiger partial charge in [-0.1, -0.05) is 43.3 Å². The third-order valence-electron chi connectivity index (χ3n) is 4.29. The highest BCUT2D eigenvalue weighted by Gasteiger charge is 2.27. The highest BCUT2D eigenvalue weighted by molar-refractivity contribution is 7.89. The molecule has 5 nitrogen and oxygen atoms in total. The molecular weight excluding hydrogens is 367 g/mol. The topological polar surface area (TPSA) is 75.3 Å². The summed E-state index contributed by atoms with van der Waals surface area (Å²) in [7, 11) is -1.89. The highest BCUT2D eigenvalue weighted by Crippen LogP contribution is 2.28. The van der Waals surface area contributed by atoms with Crippen LogP contribution in [0.15, 0.2) is 48.5 Å². The third kappa shape index (κ3) is 5.61. The number of alkyl halides is 1. The molecule has 1 unspecified atom stereocenters. The van der Waals surface area contributed by atoms with Crippen LogP contribution in [0, 0.1) is 0 Å². The van der Waals surface area contributed by atoms with E-state index in [2.05, 4.69) is 10.0 Å². The normalized spacial score (nSPS) is 13.8. The summed E-state index contributed by atoms with van der Waals surface area (Å²) in [5, 5.41) is 2.57. The number of benzene rings is 2. The number of hydrogen-bond donors (Lipinski definition) is 2. The van der Waals surface area contributed by atoms with E-state index in [4.69, 9.17) is 0 Å². The molecule has 2 rings (SSSR count). The molecule has 0 aromatic heterocycles. The average molecular weight is 392 g/mol. The lowest BCUT2D eigenvalue weighted by molar-refractivity contribution is 0.0963. The monoisotopic (exact) mass is 392 g/mol. The van der Waals surface area contributed by atoms with Gasteiger partial charge in [-0.3, -0.25) is 4.79 Å². The van der Waals surface area contributed by atoms with Gasteiger partial charge in [0.05, 0.1) is 5.75 Å². The van der Waals surface area contributed by atoms with Gasteiger partial charge in [0, 0.05) is 19.2 Å². The molecule has 0 aliphatic heterocycles. The number of carbonyl (C=O) groups is 1. The van der Waals surface area contributed by atoms with E-state index in [9.17, 15) is 17.6 Å². The predicted molar refractivity (Wildman–Crippen MR) is 106 cm³/mol. The van der Waals surface area contributed by atoms with E-state index in [1.54, 1.807) is 50.4 Å². The van der Waals surface area contributed by atoms with Crippen LogP contribution in [0.25, 0.3) is 11.1 Å². The molecule has 146 valence electrons. The minimum absolute atomic E-state index is 0.0198. The van der Waals surface area contributed by atoms with E-state index in [-0.39, 0.29) is 18.2 Å². The van der Waals surface area contributed by atoms with Gasteiger partial charge in [0.25, 0.3) is 5.91 Å². The SMILES string of the molecule is CCCS(=O)(=O)NCC(C)(F)c1ccc(-c2ccc(C(=O)NC)cc2)cc1. The summed E-state index contributed by atoms with van der Waals surface area (Å²) in [6.45, 7) is 2.80. The van der Waals surface area contributed by atoms with Crippen LogP contribution in [0.4, 0.5) is 4.39 Å². The molecule has 0 saturated carbocycles. The van der Waals surface area contributed by atoms with Crippen molar-refractivity contribution >= 4 is 15.9 Å². The fraction of sp³-hybridized carbons (Fsp3) is 0.350. The number of amides is 1. The van der Waals surface area contributed by atoms with Crippen molar-refractivity contribution in [2.24, 2.45) is 0 Å². The second-order valence-corrected chi connectivity index (χ2v) is 8.50. The zero-order valence-electron chi connectivity index (χ0n) is 15.8. The first-order valence-electron chi connectivity index (χ1n) is 8.78. The molecule has 7 heteroatoms. The van der Waals surface area contributed by atoms with Crippen LogP contribution >= 0.6 is 0 Å². The van der Waals surface area contributed by atoms with Crippen LogP contribution in [0.2, 0.25) is 0 Å². The van der Waals surface area contributed by atoms with Gasteiger partial charge in [0.2, 0.25) is 10.0 Å². The Hall–Kier alpha value is -2.25. The van der Waals surface area contributed by atoms with Gasteiger partial charge >= 0.3 is 0 Å². The molecule has 2 aromatic rings. The molecule has 1 atom stereocenters.